The van der Waals surface area contributed by atoms with Crippen molar-refractivity contribution in [2.75, 3.05) is 25.0 Å². The van der Waals surface area contributed by atoms with Crippen molar-refractivity contribution < 1.29 is 35.9 Å². The lowest BCUT2D eigenvalue weighted by atomic mass is 9.83. The Morgan fingerprint density at radius 1 is 0.822 bits per heavy atom. The maximum absolute atomic E-state index is 14.5. The van der Waals surface area contributed by atoms with E-state index in [4.69, 9.17) is 0 Å². The van der Waals surface area contributed by atoms with Crippen molar-refractivity contribution >= 4 is 29.5 Å². The number of hydrogen-bond donors (Lipinski definition) is 2. The topological polar surface area (TPSA) is 61.4 Å². The third-order valence-corrected chi connectivity index (χ3v) is 8.23. The molecule has 45 heavy (non-hydrogen) atoms. The zero-order valence-electron chi connectivity index (χ0n) is 24.4. The number of hydrogen-bond acceptors (Lipinski definition) is 4. The number of carbonyl (C=O) groups excluding carboxylic acids is 2. The second-order valence-electron chi connectivity index (χ2n) is 11.2. The monoisotopic (exact) mass is 627 g/mol. The Kier molecular flexibility index (Phi) is 9.77. The fourth-order valence-corrected chi connectivity index (χ4v) is 5.81. The first-order valence-electron chi connectivity index (χ1n) is 14.7. The van der Waals surface area contributed by atoms with Crippen LogP contribution in [-0.2, 0) is 4.79 Å². The number of anilines is 1. The van der Waals surface area contributed by atoms with E-state index in [2.05, 4.69) is 22.5 Å². The zero-order valence-corrected chi connectivity index (χ0v) is 24.4. The summed E-state index contributed by atoms with van der Waals surface area (Å²) in [5, 5.41) is 6.21. The molecule has 1 aliphatic carbocycles. The van der Waals surface area contributed by atoms with E-state index < -0.39 is 63.8 Å². The summed E-state index contributed by atoms with van der Waals surface area (Å²) in [6.45, 7) is 4.97. The summed E-state index contributed by atoms with van der Waals surface area (Å²) >= 11 is 0. The lowest BCUT2D eigenvalue weighted by Gasteiger charge is -2.27. The average molecular weight is 628 g/mol. The average Bonchev–Trinajstić information content (AvgIpc) is 3.50. The molecule has 5 nitrogen and oxygen atoms in total. The van der Waals surface area contributed by atoms with Gasteiger partial charge in [-0.2, -0.15) is 0 Å². The summed E-state index contributed by atoms with van der Waals surface area (Å²) in [5.41, 5.74) is 0.172. The highest BCUT2D eigenvalue weighted by Gasteiger charge is 2.30. The fourth-order valence-electron chi connectivity index (χ4n) is 5.81. The maximum Gasteiger partial charge on any atom is 0.251 e. The van der Waals surface area contributed by atoms with Crippen LogP contribution >= 0.6 is 0 Å². The second kappa shape index (κ2) is 13.7. The summed E-state index contributed by atoms with van der Waals surface area (Å²) in [7, 11) is 0. The van der Waals surface area contributed by atoms with Crippen LogP contribution in [0.2, 0.25) is 0 Å². The van der Waals surface area contributed by atoms with Gasteiger partial charge in [-0.05, 0) is 99.5 Å². The molecule has 0 radical (unpaired) electrons. The standard InChI is InChI=1S/C34H31F6N3O2/c1-2-43-13-3-4-26(43)18-41-24-9-5-19(6-10-24)34(45)42-25-16-22(14-20-7-11-27(35)31(39)29(20)37)33(44)23(17-25)15-21-8-12-28(36)32(40)30(21)38/h5-12,14-15,25-26,41H,2-4,13,16-18H2,1H3,(H,42,45)/b22-14+,23-15+/t26-/m0/s1. The van der Waals surface area contributed by atoms with E-state index >= 15 is 0 Å². The molecule has 3 aromatic carbocycles. The van der Waals surface area contributed by atoms with E-state index in [0.717, 1.165) is 62.4 Å². The van der Waals surface area contributed by atoms with E-state index in [0.29, 0.717) is 23.7 Å². The number of nitrogens with zero attached hydrogens (tertiary/aromatic N) is 1. The molecule has 236 valence electrons. The summed E-state index contributed by atoms with van der Waals surface area (Å²) in [6, 6.07) is 9.82. The summed E-state index contributed by atoms with van der Waals surface area (Å²) in [6.07, 6.45) is 4.09. The zero-order chi connectivity index (χ0) is 32.2. The van der Waals surface area contributed by atoms with Gasteiger partial charge in [-0.15, -0.1) is 0 Å². The van der Waals surface area contributed by atoms with Crippen LogP contribution in [0.1, 0.15) is 54.1 Å². The highest BCUT2D eigenvalue weighted by molar-refractivity contribution is 6.14. The number of amides is 1. The molecule has 2 aliphatic rings. The van der Waals surface area contributed by atoms with Gasteiger partial charge in [0.15, 0.2) is 40.7 Å². The molecule has 1 atom stereocenters. The van der Waals surface area contributed by atoms with Gasteiger partial charge in [0, 0.05) is 52.2 Å². The minimum atomic E-state index is -1.72. The van der Waals surface area contributed by atoms with Crippen LogP contribution < -0.4 is 10.6 Å². The number of nitrogens with one attached hydrogen (secondary N) is 2. The van der Waals surface area contributed by atoms with Crippen LogP contribution in [0.3, 0.4) is 0 Å². The predicted molar refractivity (Wildman–Crippen MR) is 159 cm³/mol. The number of rotatable bonds is 8. The normalized spacial score (nSPS) is 20.6. The molecule has 1 saturated heterocycles. The van der Waals surface area contributed by atoms with Crippen molar-refractivity contribution in [1.29, 1.82) is 0 Å². The van der Waals surface area contributed by atoms with Gasteiger partial charge in [0.05, 0.1) is 0 Å². The van der Waals surface area contributed by atoms with E-state index in [1.807, 2.05) is 0 Å². The number of ketones is 1. The summed E-state index contributed by atoms with van der Waals surface area (Å²) < 4.78 is 83.7. The lowest BCUT2D eigenvalue weighted by molar-refractivity contribution is -0.113. The number of likely N-dealkylation sites (N-methyl/N-ethyl adjacent to an activating group) is 1. The molecule has 1 amide bonds. The molecule has 1 heterocycles. The Bertz CT molecular complexity index is 1590. The van der Waals surface area contributed by atoms with Crippen LogP contribution in [0.5, 0.6) is 0 Å². The third kappa shape index (κ3) is 7.14. The van der Waals surface area contributed by atoms with Crippen LogP contribution in [0.15, 0.2) is 59.7 Å². The van der Waals surface area contributed by atoms with Crippen molar-refractivity contribution in [3.05, 3.63) is 111 Å². The third-order valence-electron chi connectivity index (χ3n) is 8.23. The van der Waals surface area contributed by atoms with Gasteiger partial charge >= 0.3 is 0 Å². The molecule has 1 saturated carbocycles. The quantitative estimate of drug-likeness (QED) is 0.160. The highest BCUT2D eigenvalue weighted by atomic mass is 19.2. The fraction of sp³-hybridized carbons (Fsp3) is 0.294. The van der Waals surface area contributed by atoms with Gasteiger partial charge in [0.1, 0.15) is 0 Å². The molecule has 11 heteroatoms. The van der Waals surface area contributed by atoms with Crippen LogP contribution in [0, 0.1) is 34.9 Å². The van der Waals surface area contributed by atoms with Gasteiger partial charge in [0.2, 0.25) is 0 Å². The number of benzene rings is 3. The largest absolute Gasteiger partial charge is 0.383 e. The van der Waals surface area contributed by atoms with Crippen LogP contribution in [-0.4, -0.2) is 48.3 Å². The van der Waals surface area contributed by atoms with E-state index in [1.165, 1.54) is 0 Å². The Labute approximate surface area is 256 Å². The van der Waals surface area contributed by atoms with E-state index in [-0.39, 0.29) is 24.0 Å². The molecular formula is C34H31F6N3O2. The van der Waals surface area contributed by atoms with Crippen molar-refractivity contribution in [3.63, 3.8) is 0 Å². The molecule has 0 spiro atoms. The Morgan fingerprint density at radius 3 is 1.91 bits per heavy atom. The predicted octanol–water partition coefficient (Wildman–Crippen LogP) is 7.05. The van der Waals surface area contributed by atoms with Crippen molar-refractivity contribution in [2.24, 2.45) is 0 Å². The van der Waals surface area contributed by atoms with Gasteiger partial charge in [-0.25, -0.2) is 26.3 Å². The lowest BCUT2D eigenvalue weighted by Crippen LogP contribution is -2.39. The maximum atomic E-state index is 14.5. The van der Waals surface area contributed by atoms with Gasteiger partial charge in [-0.3, -0.25) is 14.5 Å². The first kappa shape index (κ1) is 32.0. The molecule has 1 aliphatic heterocycles. The van der Waals surface area contributed by atoms with Crippen LogP contribution in [0.25, 0.3) is 12.2 Å². The minimum absolute atomic E-state index is 0.0849. The van der Waals surface area contributed by atoms with E-state index in [1.54, 1.807) is 24.3 Å². The summed E-state index contributed by atoms with van der Waals surface area (Å²) in [4.78, 5) is 29.0. The van der Waals surface area contributed by atoms with Gasteiger partial charge in [0.25, 0.3) is 5.91 Å². The van der Waals surface area contributed by atoms with Gasteiger partial charge in [-0.1, -0.05) is 6.92 Å². The Morgan fingerprint density at radius 2 is 1.38 bits per heavy atom. The summed E-state index contributed by atoms with van der Waals surface area (Å²) in [5.74, 6) is -10.5. The highest BCUT2D eigenvalue weighted by Crippen LogP contribution is 2.31. The molecule has 0 unspecified atom stereocenters. The first-order chi connectivity index (χ1) is 21.5. The van der Waals surface area contributed by atoms with Crippen molar-refractivity contribution in [3.8, 4) is 0 Å². The molecular weight excluding hydrogens is 596 g/mol. The molecule has 0 bridgehead atoms. The molecule has 2 N–H and O–H groups in total. The Hall–Kier alpha value is -4.38. The van der Waals surface area contributed by atoms with Crippen LogP contribution in [0.4, 0.5) is 32.0 Å². The SMILES string of the molecule is CCN1CCC[C@H]1CNc1ccc(C(=O)NC2C/C(=C\c3ccc(F)c(F)c3F)C(=O)/C(=C/c3ccc(F)c(F)c3F)C2)cc1. The second-order valence-corrected chi connectivity index (χ2v) is 11.2. The smallest absolute Gasteiger partial charge is 0.251 e. The molecule has 3 aromatic rings. The number of Topliss-reactive ketones (excluding diaryl/α,β-unsaturated/α-hetero) is 1. The molecule has 5 rings (SSSR count). The van der Waals surface area contributed by atoms with Crippen molar-refractivity contribution in [1.82, 2.24) is 10.2 Å². The number of carbonyl (C=O) groups is 2. The minimum Gasteiger partial charge on any atom is -0.383 e. The number of likely N-dealkylation sites (tertiary alicyclic amines) is 1. The van der Waals surface area contributed by atoms with E-state index in [9.17, 15) is 35.9 Å². The van der Waals surface area contributed by atoms with Crippen molar-refractivity contribution in [2.45, 2.75) is 44.7 Å². The molecule has 0 aromatic heterocycles. The first-order valence-corrected chi connectivity index (χ1v) is 14.7. The number of halogens is 6. The Balaban J connectivity index is 1.37. The molecule has 2 fully saturated rings. The van der Waals surface area contributed by atoms with Gasteiger partial charge < -0.3 is 10.6 Å².